The van der Waals surface area contributed by atoms with Crippen LogP contribution in [0.4, 0.5) is 0 Å². The molecule has 2 nitrogen and oxygen atoms in total. The van der Waals surface area contributed by atoms with Crippen molar-refractivity contribution in [2.75, 3.05) is 0 Å². The van der Waals surface area contributed by atoms with Crippen LogP contribution in [-0.2, 0) is 5.41 Å². The molecule has 0 saturated heterocycles. The Hall–Kier alpha value is -7.16. The molecule has 0 aliphatic heterocycles. The van der Waals surface area contributed by atoms with Crippen molar-refractivity contribution in [2.45, 2.75) is 19.3 Å². The molecule has 1 aliphatic carbocycles. The van der Waals surface area contributed by atoms with Crippen molar-refractivity contribution in [3.63, 3.8) is 0 Å². The molecule has 0 atom stereocenters. The monoisotopic (exact) mass is 726 g/mol. The Balaban J connectivity index is 1.10. The van der Waals surface area contributed by atoms with E-state index in [4.69, 9.17) is 9.97 Å². The highest BCUT2D eigenvalue weighted by Crippen LogP contribution is 2.55. The fourth-order valence-corrected chi connectivity index (χ4v) is 9.46. The summed E-state index contributed by atoms with van der Waals surface area (Å²) in [5.41, 5.74) is 15.1. The van der Waals surface area contributed by atoms with Gasteiger partial charge >= 0.3 is 0 Å². The van der Waals surface area contributed by atoms with Crippen LogP contribution < -0.4 is 0 Å². The molecule has 2 heteroatoms. The smallest absolute Gasteiger partial charge is 0.161 e. The van der Waals surface area contributed by atoms with Crippen molar-refractivity contribution >= 4 is 32.3 Å². The van der Waals surface area contributed by atoms with Crippen LogP contribution in [0.5, 0.6) is 0 Å². The summed E-state index contributed by atoms with van der Waals surface area (Å²) < 4.78 is 0. The van der Waals surface area contributed by atoms with Crippen molar-refractivity contribution < 1.29 is 0 Å². The molecule has 0 amide bonds. The molecule has 1 aromatic heterocycles. The highest BCUT2D eigenvalue weighted by Gasteiger charge is 2.39. The van der Waals surface area contributed by atoms with Gasteiger partial charge in [-0.2, -0.15) is 0 Å². The van der Waals surface area contributed by atoms with E-state index in [9.17, 15) is 0 Å². The summed E-state index contributed by atoms with van der Waals surface area (Å²) in [5.74, 6) is 0.715. The van der Waals surface area contributed by atoms with Gasteiger partial charge in [0.15, 0.2) is 5.82 Å². The quantitative estimate of drug-likeness (QED) is 0.176. The first-order valence-corrected chi connectivity index (χ1v) is 19.7. The maximum atomic E-state index is 5.39. The van der Waals surface area contributed by atoms with Crippen LogP contribution >= 0.6 is 0 Å². The fraction of sp³-hybridized carbons (Fsp3) is 0.0545. The summed E-state index contributed by atoms with van der Waals surface area (Å²) in [6, 6.07) is 70.0. The van der Waals surface area contributed by atoms with E-state index in [-0.39, 0.29) is 5.41 Å². The molecule has 1 aliphatic rings. The van der Waals surface area contributed by atoms with Crippen LogP contribution in [0.1, 0.15) is 25.0 Å². The number of rotatable bonds is 5. The minimum Gasteiger partial charge on any atom is -0.228 e. The zero-order valence-electron chi connectivity index (χ0n) is 31.9. The molecule has 57 heavy (non-hydrogen) atoms. The van der Waals surface area contributed by atoms with Gasteiger partial charge < -0.3 is 0 Å². The summed E-state index contributed by atoms with van der Waals surface area (Å²) in [5, 5.41) is 7.29. The second kappa shape index (κ2) is 13.0. The standard InChI is InChI=1S/C55H38N2/c1-55(2)52-41-20-9-7-17-38(41)30-31-48(52)47-24-13-23-46(53(47)55)44-32-33-45(43-22-11-10-21-42(43)44)51-34-50(39-28-26-36(27-29-39)35-14-4-3-5-15-35)56-54(57-51)49-25-12-18-37-16-6-8-19-40(37)49/h3-34H,1-2H3. The normalized spacial score (nSPS) is 12.9. The highest BCUT2D eigenvalue weighted by atomic mass is 14.9. The number of hydrogen-bond donors (Lipinski definition) is 0. The Morgan fingerprint density at radius 3 is 1.58 bits per heavy atom. The molecule has 0 unspecified atom stereocenters. The van der Waals surface area contributed by atoms with Crippen LogP contribution in [0, 0.1) is 0 Å². The summed E-state index contributed by atoms with van der Waals surface area (Å²) in [4.78, 5) is 10.7. The summed E-state index contributed by atoms with van der Waals surface area (Å²) in [6.07, 6.45) is 0. The van der Waals surface area contributed by atoms with Gasteiger partial charge in [0.05, 0.1) is 11.4 Å². The molecule has 11 rings (SSSR count). The van der Waals surface area contributed by atoms with E-state index in [0.717, 1.165) is 33.5 Å². The van der Waals surface area contributed by atoms with Gasteiger partial charge in [-0.3, -0.25) is 0 Å². The van der Waals surface area contributed by atoms with Gasteiger partial charge in [0.25, 0.3) is 0 Å². The average molecular weight is 727 g/mol. The molecule has 0 radical (unpaired) electrons. The predicted molar refractivity (Wildman–Crippen MR) is 239 cm³/mol. The number of fused-ring (bicyclic) bond motifs is 7. The summed E-state index contributed by atoms with van der Waals surface area (Å²) in [7, 11) is 0. The number of benzene rings is 9. The lowest BCUT2D eigenvalue weighted by molar-refractivity contribution is 0.668. The zero-order chi connectivity index (χ0) is 38.1. The first-order chi connectivity index (χ1) is 28.0. The molecule has 0 saturated carbocycles. The zero-order valence-corrected chi connectivity index (χ0v) is 31.9. The van der Waals surface area contributed by atoms with Gasteiger partial charge in [-0.25, -0.2) is 9.97 Å². The minimum absolute atomic E-state index is 0.188. The van der Waals surface area contributed by atoms with E-state index in [1.807, 2.05) is 0 Å². The van der Waals surface area contributed by atoms with E-state index >= 15 is 0 Å². The molecule has 268 valence electrons. The third-order valence-corrected chi connectivity index (χ3v) is 12.1. The van der Waals surface area contributed by atoms with Crippen LogP contribution in [0.2, 0.25) is 0 Å². The molecule has 0 N–H and O–H groups in total. The Morgan fingerprint density at radius 2 is 0.807 bits per heavy atom. The lowest BCUT2D eigenvalue weighted by atomic mass is 9.77. The molecule has 9 aromatic carbocycles. The van der Waals surface area contributed by atoms with Crippen molar-refractivity contribution in [3.8, 4) is 67.3 Å². The van der Waals surface area contributed by atoms with Crippen molar-refractivity contribution in [2.24, 2.45) is 0 Å². The largest absolute Gasteiger partial charge is 0.228 e. The van der Waals surface area contributed by atoms with E-state index in [1.54, 1.807) is 0 Å². The van der Waals surface area contributed by atoms with Gasteiger partial charge in [0.1, 0.15) is 0 Å². The van der Waals surface area contributed by atoms with Crippen LogP contribution in [-0.4, -0.2) is 9.97 Å². The Bertz CT molecular complexity index is 3190. The van der Waals surface area contributed by atoms with E-state index in [2.05, 4.69) is 208 Å². The average Bonchev–Trinajstić information content (AvgIpc) is 3.52. The Morgan fingerprint density at radius 1 is 0.316 bits per heavy atom. The molecular formula is C55H38N2. The van der Waals surface area contributed by atoms with Crippen molar-refractivity contribution in [1.29, 1.82) is 0 Å². The predicted octanol–water partition coefficient (Wildman–Crippen LogP) is 14.6. The second-order valence-electron chi connectivity index (χ2n) is 15.7. The number of nitrogens with zero attached hydrogens (tertiary/aromatic N) is 2. The van der Waals surface area contributed by atoms with E-state index in [0.29, 0.717) is 5.82 Å². The van der Waals surface area contributed by atoms with Gasteiger partial charge in [-0.05, 0) is 82.9 Å². The van der Waals surface area contributed by atoms with Crippen molar-refractivity contribution in [1.82, 2.24) is 9.97 Å². The van der Waals surface area contributed by atoms with Crippen LogP contribution in [0.3, 0.4) is 0 Å². The van der Waals surface area contributed by atoms with E-state index < -0.39 is 0 Å². The lowest BCUT2D eigenvalue weighted by Gasteiger charge is -2.26. The minimum atomic E-state index is -0.188. The maximum Gasteiger partial charge on any atom is 0.161 e. The summed E-state index contributed by atoms with van der Waals surface area (Å²) in [6.45, 7) is 4.79. The molecule has 0 spiro atoms. The second-order valence-corrected chi connectivity index (χ2v) is 15.7. The first-order valence-electron chi connectivity index (χ1n) is 19.7. The first kappa shape index (κ1) is 33.2. The molecule has 0 bridgehead atoms. The van der Waals surface area contributed by atoms with Crippen LogP contribution in [0.15, 0.2) is 194 Å². The third kappa shape index (κ3) is 5.33. The van der Waals surface area contributed by atoms with Gasteiger partial charge in [-0.1, -0.05) is 202 Å². The fourth-order valence-electron chi connectivity index (χ4n) is 9.46. The maximum absolute atomic E-state index is 5.39. The summed E-state index contributed by atoms with van der Waals surface area (Å²) >= 11 is 0. The van der Waals surface area contributed by atoms with Gasteiger partial charge in [0.2, 0.25) is 0 Å². The van der Waals surface area contributed by atoms with Gasteiger partial charge in [-0.15, -0.1) is 0 Å². The Kier molecular flexibility index (Phi) is 7.55. The third-order valence-electron chi connectivity index (χ3n) is 12.1. The molecular weight excluding hydrogens is 689 g/mol. The molecule has 10 aromatic rings. The number of aromatic nitrogens is 2. The van der Waals surface area contributed by atoms with Gasteiger partial charge in [0, 0.05) is 22.1 Å². The molecule has 0 fully saturated rings. The van der Waals surface area contributed by atoms with E-state index in [1.165, 1.54) is 71.4 Å². The van der Waals surface area contributed by atoms with Crippen molar-refractivity contribution in [3.05, 3.63) is 205 Å². The Labute approximate surface area is 332 Å². The lowest BCUT2D eigenvalue weighted by Crippen LogP contribution is -2.17. The molecule has 1 heterocycles. The number of hydrogen-bond acceptors (Lipinski definition) is 2. The SMILES string of the molecule is CC1(C)c2c(cccc2-c2ccc(-c3cc(-c4ccc(-c5ccccc5)cc4)nc(-c4cccc5ccccc45)n3)c3ccccc23)-c2ccc3ccccc3c21. The van der Waals surface area contributed by atoms with Crippen LogP contribution in [0.25, 0.3) is 99.6 Å². The topological polar surface area (TPSA) is 25.8 Å². The highest BCUT2D eigenvalue weighted by molar-refractivity contribution is 6.08.